The number of non-ortho nitro benzene ring substituents is 1. The van der Waals surface area contributed by atoms with E-state index in [0.717, 1.165) is 12.1 Å². The number of carboxylic acids is 2. The van der Waals surface area contributed by atoms with E-state index >= 15 is 0 Å². The van der Waals surface area contributed by atoms with Crippen molar-refractivity contribution in [3.8, 4) is 0 Å². The van der Waals surface area contributed by atoms with Crippen molar-refractivity contribution in [2.45, 2.75) is 18.4 Å². The minimum Gasteiger partial charge on any atom is -0.481 e. The number of hydrogen-bond donors (Lipinski definition) is 3. The van der Waals surface area contributed by atoms with Crippen molar-refractivity contribution in [1.29, 1.82) is 0 Å². The number of nitro benzene ring substituents is 1. The number of aliphatic carboxylic acids is 2. The lowest BCUT2D eigenvalue weighted by molar-refractivity contribution is -0.384. The number of carboxylic acid groups (broad SMARTS) is 2. The Balaban J connectivity index is 2.28. The Hall–Kier alpha value is -3.75. The van der Waals surface area contributed by atoms with Gasteiger partial charge < -0.3 is 15.5 Å². The Bertz CT molecular complexity index is 850. The Kier molecular flexibility index (Phi) is 6.21. The van der Waals surface area contributed by atoms with Crippen LogP contribution >= 0.6 is 0 Å². The van der Waals surface area contributed by atoms with Crippen molar-refractivity contribution < 1.29 is 29.5 Å². The molecule has 0 heterocycles. The number of amides is 1. The first-order chi connectivity index (χ1) is 12.8. The zero-order valence-electron chi connectivity index (χ0n) is 13.9. The van der Waals surface area contributed by atoms with Crippen molar-refractivity contribution >= 4 is 23.5 Å². The normalized spacial score (nSPS) is 12.6. The molecule has 0 aliphatic carbocycles. The second-order valence-electron chi connectivity index (χ2n) is 5.71. The van der Waals surface area contributed by atoms with Gasteiger partial charge in [-0.3, -0.25) is 19.7 Å². The second-order valence-corrected chi connectivity index (χ2v) is 5.71. The van der Waals surface area contributed by atoms with Gasteiger partial charge in [-0.1, -0.05) is 30.3 Å². The van der Waals surface area contributed by atoms with Crippen LogP contribution in [0.4, 0.5) is 5.69 Å². The number of benzene rings is 2. The van der Waals surface area contributed by atoms with E-state index < -0.39 is 41.1 Å². The van der Waals surface area contributed by atoms with Crippen molar-refractivity contribution in [3.05, 3.63) is 75.8 Å². The molecule has 0 saturated carbocycles. The van der Waals surface area contributed by atoms with Crippen LogP contribution in [-0.2, 0) is 9.59 Å². The molecule has 0 aromatic heterocycles. The molecule has 0 aliphatic heterocycles. The van der Waals surface area contributed by atoms with Gasteiger partial charge in [-0.15, -0.1) is 0 Å². The highest BCUT2D eigenvalue weighted by Crippen LogP contribution is 2.24. The van der Waals surface area contributed by atoms with Crippen LogP contribution in [-0.4, -0.2) is 39.0 Å². The number of nitrogens with one attached hydrogen (secondary N) is 1. The lowest BCUT2D eigenvalue weighted by Gasteiger charge is -2.24. The Labute approximate surface area is 153 Å². The largest absolute Gasteiger partial charge is 0.481 e. The summed E-state index contributed by atoms with van der Waals surface area (Å²) in [6.07, 6.45) is -0.498. The van der Waals surface area contributed by atoms with Crippen LogP contribution in [0.25, 0.3) is 0 Å². The summed E-state index contributed by atoms with van der Waals surface area (Å²) in [4.78, 5) is 45.3. The number of nitro groups is 1. The number of carbonyl (C=O) groups excluding carboxylic acids is 1. The molecule has 3 N–H and O–H groups in total. The second kappa shape index (κ2) is 8.56. The molecule has 2 aromatic carbocycles. The van der Waals surface area contributed by atoms with Gasteiger partial charge in [0, 0.05) is 23.6 Å². The predicted octanol–water partition coefficient (Wildman–Crippen LogP) is 2.04. The first-order valence-electron chi connectivity index (χ1n) is 7.84. The van der Waals surface area contributed by atoms with E-state index in [4.69, 9.17) is 5.11 Å². The van der Waals surface area contributed by atoms with Gasteiger partial charge in [0.2, 0.25) is 0 Å². The molecule has 0 radical (unpaired) electrons. The molecule has 0 bridgehead atoms. The van der Waals surface area contributed by atoms with Crippen molar-refractivity contribution in [2.75, 3.05) is 0 Å². The van der Waals surface area contributed by atoms with Crippen LogP contribution in [0.5, 0.6) is 0 Å². The van der Waals surface area contributed by atoms with Crippen molar-refractivity contribution in [1.82, 2.24) is 5.32 Å². The average molecular weight is 372 g/mol. The Morgan fingerprint density at radius 1 is 1.00 bits per heavy atom. The first kappa shape index (κ1) is 19.6. The number of carbonyl (C=O) groups is 3. The van der Waals surface area contributed by atoms with Crippen LogP contribution in [0.15, 0.2) is 54.6 Å². The van der Waals surface area contributed by atoms with Crippen molar-refractivity contribution in [2.24, 2.45) is 0 Å². The van der Waals surface area contributed by atoms with E-state index in [2.05, 4.69) is 5.32 Å². The van der Waals surface area contributed by atoms with E-state index in [0.29, 0.717) is 5.56 Å². The minimum absolute atomic E-state index is 0.0222. The topological polar surface area (TPSA) is 147 Å². The highest BCUT2D eigenvalue weighted by Gasteiger charge is 2.33. The molecule has 0 saturated heterocycles. The summed E-state index contributed by atoms with van der Waals surface area (Å²) in [5.74, 6) is -4.37. The van der Waals surface area contributed by atoms with E-state index in [1.807, 2.05) is 0 Å². The summed E-state index contributed by atoms with van der Waals surface area (Å²) in [5.41, 5.74) is 0.264. The molecule has 140 valence electrons. The molecule has 2 rings (SSSR count). The maximum atomic E-state index is 12.4. The molecule has 2 aromatic rings. The molecule has 9 heteroatoms. The first-order valence-corrected chi connectivity index (χ1v) is 7.84. The van der Waals surface area contributed by atoms with Gasteiger partial charge in [0.05, 0.1) is 11.3 Å². The smallest absolute Gasteiger partial charge is 0.326 e. The summed E-state index contributed by atoms with van der Waals surface area (Å²) in [6, 6.07) is 11.3. The molecule has 0 fully saturated rings. The van der Waals surface area contributed by atoms with Crippen LogP contribution in [0.3, 0.4) is 0 Å². The molecular weight excluding hydrogens is 356 g/mol. The molecule has 27 heavy (non-hydrogen) atoms. The van der Waals surface area contributed by atoms with Crippen LogP contribution in [0, 0.1) is 10.1 Å². The monoisotopic (exact) mass is 372 g/mol. The molecular formula is C18H16N2O7. The number of hydrogen-bond acceptors (Lipinski definition) is 5. The third-order valence-corrected chi connectivity index (χ3v) is 3.92. The third-order valence-electron chi connectivity index (χ3n) is 3.92. The average Bonchev–Trinajstić information content (AvgIpc) is 2.64. The fraction of sp³-hybridized carbons (Fsp3) is 0.167. The Morgan fingerprint density at radius 3 is 2.07 bits per heavy atom. The highest BCUT2D eigenvalue weighted by atomic mass is 16.6. The predicted molar refractivity (Wildman–Crippen MR) is 93.4 cm³/mol. The molecule has 2 atom stereocenters. The summed E-state index contributed by atoms with van der Waals surface area (Å²) in [5, 5.41) is 31.7. The van der Waals surface area contributed by atoms with E-state index in [-0.39, 0.29) is 11.3 Å². The zero-order valence-corrected chi connectivity index (χ0v) is 13.9. The van der Waals surface area contributed by atoms with Crippen molar-refractivity contribution in [3.63, 3.8) is 0 Å². The van der Waals surface area contributed by atoms with E-state index in [1.54, 1.807) is 30.3 Å². The van der Waals surface area contributed by atoms with Gasteiger partial charge in [0.1, 0.15) is 6.04 Å². The molecule has 9 nitrogen and oxygen atoms in total. The summed E-state index contributed by atoms with van der Waals surface area (Å²) >= 11 is 0. The molecule has 0 aliphatic rings. The van der Waals surface area contributed by atoms with Gasteiger partial charge in [-0.2, -0.15) is 0 Å². The lowest BCUT2D eigenvalue weighted by Crippen LogP contribution is -2.45. The minimum atomic E-state index is -1.49. The maximum Gasteiger partial charge on any atom is 0.326 e. The van der Waals surface area contributed by atoms with Gasteiger partial charge in [-0.25, -0.2) is 4.79 Å². The maximum absolute atomic E-state index is 12.4. The van der Waals surface area contributed by atoms with Crippen LogP contribution < -0.4 is 5.32 Å². The third kappa shape index (κ3) is 5.11. The molecule has 1 amide bonds. The van der Waals surface area contributed by atoms with Gasteiger partial charge in [-0.05, 0) is 17.7 Å². The van der Waals surface area contributed by atoms with E-state index in [9.17, 15) is 29.6 Å². The fourth-order valence-electron chi connectivity index (χ4n) is 2.61. The summed E-state index contributed by atoms with van der Waals surface area (Å²) in [7, 11) is 0. The Morgan fingerprint density at radius 2 is 1.59 bits per heavy atom. The van der Waals surface area contributed by atoms with Crippen LogP contribution in [0.2, 0.25) is 0 Å². The fourth-order valence-corrected chi connectivity index (χ4v) is 2.61. The van der Waals surface area contributed by atoms with Gasteiger partial charge >= 0.3 is 11.9 Å². The summed E-state index contributed by atoms with van der Waals surface area (Å²) < 4.78 is 0. The summed E-state index contributed by atoms with van der Waals surface area (Å²) in [6.45, 7) is 0. The lowest BCUT2D eigenvalue weighted by atomic mass is 9.88. The quantitative estimate of drug-likeness (QED) is 0.474. The number of rotatable bonds is 8. The van der Waals surface area contributed by atoms with Gasteiger partial charge in [0.15, 0.2) is 0 Å². The van der Waals surface area contributed by atoms with Gasteiger partial charge in [0.25, 0.3) is 11.6 Å². The highest BCUT2D eigenvalue weighted by molar-refractivity contribution is 5.97. The molecule has 2 unspecified atom stereocenters. The van der Waals surface area contributed by atoms with Crippen LogP contribution in [0.1, 0.15) is 28.3 Å². The molecule has 0 spiro atoms. The zero-order chi connectivity index (χ0) is 20.0. The SMILES string of the molecule is O=C(O)CC(c1ccccc1)C(NC(=O)c1ccc([N+](=O)[O-])cc1)C(=O)O. The van der Waals surface area contributed by atoms with E-state index in [1.165, 1.54) is 12.1 Å². The standard InChI is InChI=1S/C18H16N2O7/c21-15(22)10-14(11-4-2-1-3-5-11)16(18(24)25)19-17(23)12-6-8-13(9-7-12)20(26)27/h1-9,14,16H,10H2,(H,19,23)(H,21,22)(H,24,25). The number of nitrogens with zero attached hydrogens (tertiary/aromatic N) is 1.